The van der Waals surface area contributed by atoms with Crippen LogP contribution in [-0.4, -0.2) is 27.1 Å². The highest BCUT2D eigenvalue weighted by atomic mass is 79.9. The summed E-state index contributed by atoms with van der Waals surface area (Å²) in [5.41, 5.74) is -2.83. The summed E-state index contributed by atoms with van der Waals surface area (Å²) >= 11 is 3.17. The number of hydrogen-bond donors (Lipinski definition) is 2. The third-order valence-corrected chi connectivity index (χ3v) is 4.22. The molecule has 0 heterocycles. The molecular weight excluding hydrogens is 346 g/mol. The van der Waals surface area contributed by atoms with Crippen molar-refractivity contribution in [1.29, 1.82) is 0 Å². The van der Waals surface area contributed by atoms with Gasteiger partial charge in [0.2, 0.25) is 0 Å². The number of rotatable bonds is 6. The van der Waals surface area contributed by atoms with Gasteiger partial charge in [0.15, 0.2) is 5.41 Å². The van der Waals surface area contributed by atoms with Gasteiger partial charge in [0.05, 0.1) is 10.5 Å². The third-order valence-electron chi connectivity index (χ3n) is 3.48. The summed E-state index contributed by atoms with van der Waals surface area (Å²) in [4.78, 5) is 33.7. The second-order valence-corrected chi connectivity index (χ2v) is 5.26. The fraction of sp³-hybridized carbons (Fsp3) is 0.385. The van der Waals surface area contributed by atoms with E-state index in [-0.39, 0.29) is 24.0 Å². The number of nitro benzene ring substituents is 1. The summed E-state index contributed by atoms with van der Waals surface area (Å²) in [6.07, 6.45) is -0.0347. The molecule has 0 fully saturated rings. The standard InChI is InChI=1S/C13H14BrNO6/c1-3-7-9(14)6-5-8(10(7)15(20)21)13(4-2,11(16)17)12(18)19/h5-6H,3-4H2,1-2H3,(H,16,17)(H,18,19). The molecule has 8 heteroatoms. The molecule has 1 rings (SSSR count). The fourth-order valence-corrected chi connectivity index (χ4v) is 2.92. The van der Waals surface area contributed by atoms with Crippen LogP contribution in [-0.2, 0) is 21.4 Å². The van der Waals surface area contributed by atoms with Crippen LogP contribution < -0.4 is 0 Å². The molecule has 1 aromatic carbocycles. The second kappa shape index (κ2) is 6.21. The van der Waals surface area contributed by atoms with E-state index < -0.39 is 28.0 Å². The monoisotopic (exact) mass is 359 g/mol. The first-order valence-electron chi connectivity index (χ1n) is 6.17. The van der Waals surface area contributed by atoms with E-state index in [2.05, 4.69) is 15.9 Å². The van der Waals surface area contributed by atoms with Gasteiger partial charge < -0.3 is 10.2 Å². The van der Waals surface area contributed by atoms with Crippen molar-refractivity contribution < 1.29 is 24.7 Å². The summed E-state index contributed by atoms with van der Waals surface area (Å²) in [5.74, 6) is -3.24. The number of carbonyl (C=O) groups is 2. The molecule has 7 nitrogen and oxygen atoms in total. The third kappa shape index (κ3) is 2.63. The number of hydrogen-bond acceptors (Lipinski definition) is 4. The Labute approximate surface area is 128 Å². The lowest BCUT2D eigenvalue weighted by atomic mass is 9.76. The number of carboxylic acids is 2. The molecule has 2 N–H and O–H groups in total. The van der Waals surface area contributed by atoms with Crippen molar-refractivity contribution in [1.82, 2.24) is 0 Å². The van der Waals surface area contributed by atoms with E-state index in [1.807, 2.05) is 0 Å². The molecule has 0 saturated carbocycles. The Morgan fingerprint density at radius 3 is 2.14 bits per heavy atom. The number of carboxylic acid groups (broad SMARTS) is 2. The first-order valence-corrected chi connectivity index (χ1v) is 6.96. The van der Waals surface area contributed by atoms with Gasteiger partial charge in [-0.1, -0.05) is 29.8 Å². The molecule has 0 aliphatic heterocycles. The van der Waals surface area contributed by atoms with Crippen molar-refractivity contribution in [3.8, 4) is 0 Å². The predicted octanol–water partition coefficient (Wildman–Crippen LogP) is 2.74. The zero-order valence-corrected chi connectivity index (χ0v) is 13.0. The lowest BCUT2D eigenvalue weighted by molar-refractivity contribution is -0.386. The molecular formula is C13H14BrNO6. The maximum absolute atomic E-state index is 11.5. The molecule has 0 unspecified atom stereocenters. The highest BCUT2D eigenvalue weighted by molar-refractivity contribution is 9.10. The lowest BCUT2D eigenvalue weighted by Crippen LogP contribution is -2.43. The minimum Gasteiger partial charge on any atom is -0.480 e. The number of aliphatic carboxylic acids is 2. The minimum absolute atomic E-state index is 0.268. The van der Waals surface area contributed by atoms with Gasteiger partial charge in [0, 0.05) is 10.0 Å². The van der Waals surface area contributed by atoms with Crippen LogP contribution in [0.5, 0.6) is 0 Å². The lowest BCUT2D eigenvalue weighted by Gasteiger charge is -2.24. The predicted molar refractivity (Wildman–Crippen MR) is 77.4 cm³/mol. The Morgan fingerprint density at radius 2 is 1.81 bits per heavy atom. The van der Waals surface area contributed by atoms with E-state index in [9.17, 15) is 29.9 Å². The van der Waals surface area contributed by atoms with E-state index in [0.29, 0.717) is 4.47 Å². The van der Waals surface area contributed by atoms with Crippen molar-refractivity contribution in [3.05, 3.63) is 37.8 Å². The normalized spacial score (nSPS) is 11.2. The first-order chi connectivity index (χ1) is 9.73. The van der Waals surface area contributed by atoms with Crippen LogP contribution >= 0.6 is 15.9 Å². The number of nitrogens with zero attached hydrogens (tertiary/aromatic N) is 1. The Balaban J connectivity index is 3.88. The van der Waals surface area contributed by atoms with Crippen LogP contribution in [0.2, 0.25) is 0 Å². The maximum atomic E-state index is 11.5. The first kappa shape index (κ1) is 17.1. The van der Waals surface area contributed by atoms with Gasteiger partial charge >= 0.3 is 11.9 Å². The van der Waals surface area contributed by atoms with Crippen molar-refractivity contribution in [2.24, 2.45) is 0 Å². The molecule has 0 aliphatic rings. The van der Waals surface area contributed by atoms with Gasteiger partial charge in [-0.05, 0) is 25.0 Å². The molecule has 0 atom stereocenters. The van der Waals surface area contributed by atoms with Gasteiger partial charge in [-0.3, -0.25) is 19.7 Å². The second-order valence-electron chi connectivity index (χ2n) is 4.40. The highest BCUT2D eigenvalue weighted by Gasteiger charge is 2.51. The summed E-state index contributed by atoms with van der Waals surface area (Å²) in [6.45, 7) is 3.05. The summed E-state index contributed by atoms with van der Waals surface area (Å²) < 4.78 is 0.446. The molecule has 0 radical (unpaired) electrons. The van der Waals surface area contributed by atoms with Gasteiger partial charge in [-0.25, -0.2) is 0 Å². The van der Waals surface area contributed by atoms with Crippen LogP contribution in [0.4, 0.5) is 5.69 Å². The van der Waals surface area contributed by atoms with Crippen molar-refractivity contribution >= 4 is 33.6 Å². The van der Waals surface area contributed by atoms with Crippen LogP contribution in [0.25, 0.3) is 0 Å². The van der Waals surface area contributed by atoms with Gasteiger partial charge in [0.25, 0.3) is 5.69 Å². The molecule has 0 aromatic heterocycles. The van der Waals surface area contributed by atoms with E-state index in [0.717, 1.165) is 0 Å². The molecule has 0 saturated heterocycles. The molecule has 0 amide bonds. The molecule has 114 valence electrons. The minimum atomic E-state index is -2.34. The van der Waals surface area contributed by atoms with E-state index in [4.69, 9.17) is 0 Å². The van der Waals surface area contributed by atoms with E-state index in [1.54, 1.807) is 6.92 Å². The fourth-order valence-electron chi connectivity index (χ4n) is 2.32. The summed E-state index contributed by atoms with van der Waals surface area (Å²) in [5, 5.41) is 30.1. The molecule has 0 aliphatic carbocycles. The van der Waals surface area contributed by atoms with Crippen molar-refractivity contribution in [2.75, 3.05) is 0 Å². The van der Waals surface area contributed by atoms with Crippen LogP contribution in [0, 0.1) is 10.1 Å². The summed E-state index contributed by atoms with van der Waals surface area (Å²) in [6, 6.07) is 2.63. The SMILES string of the molecule is CCc1c(Br)ccc(C(CC)(C(=O)O)C(=O)O)c1[N+](=O)[O-]. The van der Waals surface area contributed by atoms with Crippen LogP contribution in [0.3, 0.4) is 0 Å². The average molecular weight is 360 g/mol. The van der Waals surface area contributed by atoms with Gasteiger partial charge in [0.1, 0.15) is 0 Å². The number of nitro groups is 1. The zero-order chi connectivity index (χ0) is 16.4. The van der Waals surface area contributed by atoms with Crippen LogP contribution in [0.1, 0.15) is 31.4 Å². The Kier molecular flexibility index (Phi) is 5.06. The van der Waals surface area contributed by atoms with Crippen molar-refractivity contribution in [3.63, 3.8) is 0 Å². The van der Waals surface area contributed by atoms with Gasteiger partial charge in [-0.15, -0.1) is 0 Å². The molecule has 0 spiro atoms. The average Bonchev–Trinajstić information content (AvgIpc) is 2.39. The number of halogens is 1. The molecule has 1 aromatic rings. The van der Waals surface area contributed by atoms with Gasteiger partial charge in [-0.2, -0.15) is 0 Å². The largest absolute Gasteiger partial charge is 0.480 e. The Morgan fingerprint density at radius 1 is 1.29 bits per heavy atom. The molecule has 0 bridgehead atoms. The highest BCUT2D eigenvalue weighted by Crippen LogP contribution is 2.40. The zero-order valence-electron chi connectivity index (χ0n) is 11.4. The Hall–Kier alpha value is -1.96. The van der Waals surface area contributed by atoms with E-state index >= 15 is 0 Å². The maximum Gasteiger partial charge on any atom is 0.325 e. The number of benzene rings is 1. The van der Waals surface area contributed by atoms with E-state index in [1.165, 1.54) is 19.1 Å². The van der Waals surface area contributed by atoms with Crippen molar-refractivity contribution in [2.45, 2.75) is 32.1 Å². The quantitative estimate of drug-likeness (QED) is 0.458. The summed E-state index contributed by atoms with van der Waals surface area (Å²) in [7, 11) is 0. The smallest absolute Gasteiger partial charge is 0.325 e. The Bertz CT molecular complexity index is 599. The van der Waals surface area contributed by atoms with Crippen LogP contribution in [0.15, 0.2) is 16.6 Å². The topological polar surface area (TPSA) is 118 Å². The molecule has 21 heavy (non-hydrogen) atoms.